The van der Waals surface area contributed by atoms with Crippen LogP contribution in [0.1, 0.15) is 30.5 Å². The maximum absolute atomic E-state index is 12.8. The van der Waals surface area contributed by atoms with Crippen molar-refractivity contribution in [2.75, 3.05) is 5.32 Å². The number of nitrogens with zero attached hydrogens (tertiary/aromatic N) is 4. The van der Waals surface area contributed by atoms with E-state index in [4.69, 9.17) is 0 Å². The lowest BCUT2D eigenvalue weighted by molar-refractivity contribution is -0.115. The van der Waals surface area contributed by atoms with Crippen molar-refractivity contribution >= 4 is 23.4 Å². The zero-order chi connectivity index (χ0) is 20.3. The van der Waals surface area contributed by atoms with Crippen LogP contribution in [0.2, 0.25) is 0 Å². The summed E-state index contributed by atoms with van der Waals surface area (Å²) in [5.41, 5.74) is 5.17. The van der Waals surface area contributed by atoms with Gasteiger partial charge in [-0.05, 0) is 57.9 Å². The molecule has 2 aromatic heterocycles. The number of aromatic nitrogens is 4. The first kappa shape index (κ1) is 20.1. The number of nitrogens with one attached hydrogen (secondary N) is 1. The number of aryl methyl sites for hydroxylation is 3. The number of carbonyl (C=O) groups is 1. The first-order valence-electron chi connectivity index (χ1n) is 9.29. The quantitative estimate of drug-likeness (QED) is 0.626. The molecule has 0 saturated carbocycles. The van der Waals surface area contributed by atoms with Crippen LogP contribution >= 0.6 is 11.8 Å². The van der Waals surface area contributed by atoms with E-state index in [1.54, 1.807) is 12.4 Å². The van der Waals surface area contributed by atoms with Crippen molar-refractivity contribution in [3.63, 3.8) is 0 Å². The van der Waals surface area contributed by atoms with E-state index in [1.165, 1.54) is 17.3 Å². The van der Waals surface area contributed by atoms with E-state index < -0.39 is 0 Å². The van der Waals surface area contributed by atoms with Crippen LogP contribution in [0, 0.1) is 20.8 Å². The molecule has 0 radical (unpaired) electrons. The molecule has 0 fully saturated rings. The lowest BCUT2D eigenvalue weighted by Crippen LogP contribution is -2.24. The van der Waals surface area contributed by atoms with Crippen LogP contribution in [0.3, 0.4) is 0 Å². The van der Waals surface area contributed by atoms with Crippen LogP contribution in [0.15, 0.2) is 41.8 Å². The topological polar surface area (TPSA) is 72.7 Å². The molecule has 0 aliphatic carbocycles. The zero-order valence-electron chi connectivity index (χ0n) is 16.9. The summed E-state index contributed by atoms with van der Waals surface area (Å²) >= 11 is 1.41. The van der Waals surface area contributed by atoms with Gasteiger partial charge in [-0.1, -0.05) is 29.5 Å². The van der Waals surface area contributed by atoms with E-state index in [0.717, 1.165) is 39.9 Å². The predicted octanol–water partition coefficient (Wildman–Crippen LogP) is 4.40. The van der Waals surface area contributed by atoms with Gasteiger partial charge in [0.15, 0.2) is 11.0 Å². The lowest BCUT2D eigenvalue weighted by Gasteiger charge is -2.16. The second-order valence-corrected chi connectivity index (χ2v) is 8.12. The van der Waals surface area contributed by atoms with Crippen LogP contribution in [0.5, 0.6) is 0 Å². The van der Waals surface area contributed by atoms with Gasteiger partial charge in [0.05, 0.1) is 5.25 Å². The Labute approximate surface area is 169 Å². The van der Waals surface area contributed by atoms with Crippen molar-refractivity contribution in [1.29, 1.82) is 0 Å². The minimum atomic E-state index is -0.306. The second-order valence-electron chi connectivity index (χ2n) is 6.81. The number of thioether (sulfide) groups is 1. The number of anilines is 1. The highest BCUT2D eigenvalue weighted by Crippen LogP contribution is 2.28. The SMILES string of the molecule is CCn1c(S[C@@H](C)C(=O)Nc2c(C)cc(C)cc2C)nnc1-c1ccncc1. The number of hydrogen-bond donors (Lipinski definition) is 1. The van der Waals surface area contributed by atoms with Crippen molar-refractivity contribution in [3.05, 3.63) is 53.3 Å². The Kier molecular flexibility index (Phi) is 6.14. The van der Waals surface area contributed by atoms with Crippen molar-refractivity contribution in [1.82, 2.24) is 19.7 Å². The summed E-state index contributed by atoms with van der Waals surface area (Å²) in [5, 5.41) is 12.1. The van der Waals surface area contributed by atoms with E-state index in [0.29, 0.717) is 0 Å². The summed E-state index contributed by atoms with van der Waals surface area (Å²) in [6.07, 6.45) is 3.47. The van der Waals surface area contributed by atoms with Crippen LogP contribution in [-0.4, -0.2) is 30.9 Å². The highest BCUT2D eigenvalue weighted by molar-refractivity contribution is 8.00. The van der Waals surface area contributed by atoms with Gasteiger partial charge >= 0.3 is 0 Å². The molecule has 6 nitrogen and oxygen atoms in total. The van der Waals surface area contributed by atoms with Crippen molar-refractivity contribution in [2.24, 2.45) is 0 Å². The molecular weight excluding hydrogens is 370 g/mol. The molecule has 1 N–H and O–H groups in total. The molecule has 0 saturated heterocycles. The molecular formula is C21H25N5OS. The van der Waals surface area contributed by atoms with Gasteiger partial charge in [-0.2, -0.15) is 0 Å². The number of amides is 1. The van der Waals surface area contributed by atoms with E-state index in [2.05, 4.69) is 39.6 Å². The summed E-state index contributed by atoms with van der Waals surface area (Å²) in [4.78, 5) is 16.8. The molecule has 2 heterocycles. The molecule has 0 spiro atoms. The van der Waals surface area contributed by atoms with Crippen LogP contribution in [-0.2, 0) is 11.3 Å². The van der Waals surface area contributed by atoms with E-state index in [-0.39, 0.29) is 11.2 Å². The summed E-state index contributed by atoms with van der Waals surface area (Å²) in [5.74, 6) is 0.737. The van der Waals surface area contributed by atoms with Crippen molar-refractivity contribution in [3.8, 4) is 11.4 Å². The average molecular weight is 396 g/mol. The van der Waals surface area contributed by atoms with Crippen molar-refractivity contribution < 1.29 is 4.79 Å². The first-order chi connectivity index (χ1) is 13.4. The molecule has 3 rings (SSSR count). The van der Waals surface area contributed by atoms with Gasteiger partial charge in [-0.3, -0.25) is 9.78 Å². The third kappa shape index (κ3) is 4.25. The average Bonchev–Trinajstić information content (AvgIpc) is 3.07. The fourth-order valence-electron chi connectivity index (χ4n) is 3.19. The second kappa shape index (κ2) is 8.56. The minimum absolute atomic E-state index is 0.0452. The highest BCUT2D eigenvalue weighted by Gasteiger charge is 2.21. The Balaban J connectivity index is 1.77. The zero-order valence-corrected chi connectivity index (χ0v) is 17.7. The highest BCUT2D eigenvalue weighted by atomic mass is 32.2. The minimum Gasteiger partial charge on any atom is -0.325 e. The third-order valence-corrected chi connectivity index (χ3v) is 5.63. The van der Waals surface area contributed by atoms with Crippen LogP contribution < -0.4 is 5.32 Å². The first-order valence-corrected chi connectivity index (χ1v) is 10.2. The predicted molar refractivity (Wildman–Crippen MR) is 114 cm³/mol. The number of hydrogen-bond acceptors (Lipinski definition) is 5. The standard InChI is InChI=1S/C21H25N5OS/c1-6-26-19(17-7-9-22-10-8-17)24-25-21(26)28-16(5)20(27)23-18-14(3)11-13(2)12-15(18)4/h7-12,16H,6H2,1-5H3,(H,23,27)/t16-/m0/s1. The summed E-state index contributed by atoms with van der Waals surface area (Å²) in [6.45, 7) is 10.7. The molecule has 0 unspecified atom stereocenters. The van der Waals surface area contributed by atoms with Gasteiger partial charge in [0.1, 0.15) is 0 Å². The number of pyridine rings is 1. The third-order valence-electron chi connectivity index (χ3n) is 4.55. The smallest absolute Gasteiger partial charge is 0.237 e. The van der Waals surface area contributed by atoms with Gasteiger partial charge in [-0.15, -0.1) is 10.2 Å². The molecule has 0 bridgehead atoms. The van der Waals surface area contributed by atoms with Gasteiger partial charge in [0.25, 0.3) is 0 Å². The molecule has 0 aliphatic rings. The largest absolute Gasteiger partial charge is 0.325 e. The normalized spacial score (nSPS) is 12.0. The maximum Gasteiger partial charge on any atom is 0.237 e. The Morgan fingerprint density at radius 1 is 1.14 bits per heavy atom. The van der Waals surface area contributed by atoms with Crippen LogP contribution in [0.4, 0.5) is 5.69 Å². The number of rotatable bonds is 6. The Bertz CT molecular complexity index is 961. The molecule has 28 heavy (non-hydrogen) atoms. The lowest BCUT2D eigenvalue weighted by atomic mass is 10.1. The number of benzene rings is 1. The fraction of sp³-hybridized carbons (Fsp3) is 0.333. The van der Waals surface area contributed by atoms with Crippen LogP contribution in [0.25, 0.3) is 11.4 Å². The van der Waals surface area contributed by atoms with Gasteiger partial charge in [-0.25, -0.2) is 0 Å². The molecule has 146 valence electrons. The van der Waals surface area contributed by atoms with E-state index >= 15 is 0 Å². The summed E-state index contributed by atoms with van der Waals surface area (Å²) in [7, 11) is 0. The Hall–Kier alpha value is -2.67. The Morgan fingerprint density at radius 2 is 1.79 bits per heavy atom. The fourth-order valence-corrected chi connectivity index (χ4v) is 4.10. The number of carbonyl (C=O) groups excluding carboxylic acids is 1. The van der Waals surface area contributed by atoms with Gasteiger partial charge in [0.2, 0.25) is 5.91 Å². The van der Waals surface area contributed by atoms with Crippen molar-refractivity contribution in [2.45, 2.75) is 51.6 Å². The van der Waals surface area contributed by atoms with Gasteiger partial charge < -0.3 is 9.88 Å². The van der Waals surface area contributed by atoms with Gasteiger partial charge in [0, 0.05) is 30.2 Å². The maximum atomic E-state index is 12.8. The monoisotopic (exact) mass is 395 g/mol. The molecule has 1 aromatic carbocycles. The Morgan fingerprint density at radius 3 is 2.39 bits per heavy atom. The molecule has 0 aliphatic heterocycles. The summed E-state index contributed by atoms with van der Waals surface area (Å²) < 4.78 is 2.02. The molecule has 1 atom stereocenters. The molecule has 7 heteroatoms. The molecule has 1 amide bonds. The van der Waals surface area contributed by atoms with E-state index in [9.17, 15) is 4.79 Å². The van der Waals surface area contributed by atoms with E-state index in [1.807, 2.05) is 44.4 Å². The summed E-state index contributed by atoms with van der Waals surface area (Å²) in [6, 6.07) is 7.97. The molecule has 3 aromatic rings.